The standard InChI is InChI=1S/C12H19NO3/c1-15-11-6-5-9(8-12(11)16-2)10(14)4-3-7-13/h5-6,8,10,14H,3-4,7,13H2,1-2H3. The molecule has 4 heteroatoms. The zero-order chi connectivity index (χ0) is 12.0. The van der Waals surface area contributed by atoms with Gasteiger partial charge in [-0.15, -0.1) is 0 Å². The Bertz CT molecular complexity index is 328. The molecule has 0 fully saturated rings. The molecule has 1 rings (SSSR count). The normalized spacial score (nSPS) is 12.2. The molecule has 1 aromatic rings. The molecule has 0 saturated carbocycles. The second-order valence-electron chi connectivity index (χ2n) is 3.56. The SMILES string of the molecule is COc1ccc(C(O)CCCN)cc1OC. The van der Waals surface area contributed by atoms with Gasteiger partial charge < -0.3 is 20.3 Å². The molecule has 0 amide bonds. The fraction of sp³-hybridized carbons (Fsp3) is 0.500. The Labute approximate surface area is 96.0 Å². The van der Waals surface area contributed by atoms with E-state index in [1.54, 1.807) is 26.4 Å². The van der Waals surface area contributed by atoms with Crippen molar-refractivity contribution in [3.05, 3.63) is 23.8 Å². The Hall–Kier alpha value is -1.26. The second kappa shape index (κ2) is 6.35. The van der Waals surface area contributed by atoms with Gasteiger partial charge in [0.25, 0.3) is 0 Å². The van der Waals surface area contributed by atoms with E-state index >= 15 is 0 Å². The van der Waals surface area contributed by atoms with Gasteiger partial charge in [0.15, 0.2) is 11.5 Å². The first kappa shape index (κ1) is 12.8. The molecule has 0 radical (unpaired) electrons. The zero-order valence-corrected chi connectivity index (χ0v) is 9.77. The van der Waals surface area contributed by atoms with E-state index in [0.29, 0.717) is 24.5 Å². The van der Waals surface area contributed by atoms with Gasteiger partial charge in [-0.2, -0.15) is 0 Å². The smallest absolute Gasteiger partial charge is 0.161 e. The molecule has 90 valence electrons. The third-order valence-corrected chi connectivity index (χ3v) is 2.47. The van der Waals surface area contributed by atoms with Crippen LogP contribution in [-0.2, 0) is 0 Å². The molecule has 0 heterocycles. The maximum absolute atomic E-state index is 9.88. The summed E-state index contributed by atoms with van der Waals surface area (Å²) in [6.45, 7) is 0.588. The summed E-state index contributed by atoms with van der Waals surface area (Å²) in [6.07, 6.45) is 0.963. The van der Waals surface area contributed by atoms with Crippen LogP contribution >= 0.6 is 0 Å². The van der Waals surface area contributed by atoms with Gasteiger partial charge in [0.05, 0.1) is 20.3 Å². The second-order valence-corrected chi connectivity index (χ2v) is 3.56. The van der Waals surface area contributed by atoms with Crippen molar-refractivity contribution in [2.24, 2.45) is 5.73 Å². The van der Waals surface area contributed by atoms with E-state index in [0.717, 1.165) is 12.0 Å². The first-order valence-electron chi connectivity index (χ1n) is 5.33. The molecular formula is C12H19NO3. The van der Waals surface area contributed by atoms with Crippen molar-refractivity contribution < 1.29 is 14.6 Å². The summed E-state index contributed by atoms with van der Waals surface area (Å²) >= 11 is 0. The van der Waals surface area contributed by atoms with Gasteiger partial charge in [0, 0.05) is 0 Å². The lowest BCUT2D eigenvalue weighted by molar-refractivity contribution is 0.165. The van der Waals surface area contributed by atoms with Gasteiger partial charge >= 0.3 is 0 Å². The summed E-state index contributed by atoms with van der Waals surface area (Å²) < 4.78 is 10.3. The molecule has 0 aliphatic carbocycles. The summed E-state index contributed by atoms with van der Waals surface area (Å²) in [5, 5.41) is 9.88. The average Bonchev–Trinajstić information content (AvgIpc) is 2.34. The number of nitrogens with two attached hydrogens (primary N) is 1. The van der Waals surface area contributed by atoms with Gasteiger partial charge in [-0.25, -0.2) is 0 Å². The minimum atomic E-state index is -0.497. The van der Waals surface area contributed by atoms with E-state index in [2.05, 4.69) is 0 Å². The van der Waals surface area contributed by atoms with Crippen molar-refractivity contribution in [2.75, 3.05) is 20.8 Å². The first-order chi connectivity index (χ1) is 7.72. The van der Waals surface area contributed by atoms with E-state index in [4.69, 9.17) is 15.2 Å². The number of hydrogen-bond acceptors (Lipinski definition) is 4. The van der Waals surface area contributed by atoms with Crippen LogP contribution in [0.25, 0.3) is 0 Å². The minimum Gasteiger partial charge on any atom is -0.493 e. The van der Waals surface area contributed by atoms with Crippen LogP contribution in [0.5, 0.6) is 11.5 Å². The summed E-state index contributed by atoms with van der Waals surface area (Å²) in [6, 6.07) is 5.42. The van der Waals surface area contributed by atoms with E-state index in [1.165, 1.54) is 0 Å². The van der Waals surface area contributed by atoms with Crippen LogP contribution in [0.15, 0.2) is 18.2 Å². The van der Waals surface area contributed by atoms with E-state index in [9.17, 15) is 5.11 Å². The van der Waals surface area contributed by atoms with Gasteiger partial charge in [-0.1, -0.05) is 6.07 Å². The number of benzene rings is 1. The van der Waals surface area contributed by atoms with Crippen LogP contribution in [0.4, 0.5) is 0 Å². The highest BCUT2D eigenvalue weighted by Gasteiger charge is 2.10. The monoisotopic (exact) mass is 225 g/mol. The Morgan fingerprint density at radius 1 is 1.25 bits per heavy atom. The van der Waals surface area contributed by atoms with Crippen LogP contribution in [0.1, 0.15) is 24.5 Å². The van der Waals surface area contributed by atoms with Gasteiger partial charge in [0.2, 0.25) is 0 Å². The van der Waals surface area contributed by atoms with Gasteiger partial charge in [0.1, 0.15) is 0 Å². The minimum absolute atomic E-state index is 0.497. The highest BCUT2D eigenvalue weighted by molar-refractivity contribution is 5.43. The average molecular weight is 225 g/mol. The van der Waals surface area contributed by atoms with Gasteiger partial charge in [-0.05, 0) is 37.1 Å². The van der Waals surface area contributed by atoms with Crippen LogP contribution in [0.2, 0.25) is 0 Å². The molecule has 0 aromatic heterocycles. The van der Waals surface area contributed by atoms with Crippen molar-refractivity contribution in [3.63, 3.8) is 0 Å². The predicted molar refractivity (Wildman–Crippen MR) is 62.8 cm³/mol. The summed E-state index contributed by atoms with van der Waals surface area (Å²) in [5.74, 6) is 1.30. The third kappa shape index (κ3) is 3.12. The van der Waals surface area contributed by atoms with E-state index in [-0.39, 0.29) is 0 Å². The number of aliphatic hydroxyl groups excluding tert-OH is 1. The number of aliphatic hydroxyl groups is 1. The molecule has 1 unspecified atom stereocenters. The molecular weight excluding hydrogens is 206 g/mol. The summed E-state index contributed by atoms with van der Waals surface area (Å²) in [7, 11) is 3.16. The Balaban J connectivity index is 2.81. The zero-order valence-electron chi connectivity index (χ0n) is 9.77. The van der Waals surface area contributed by atoms with Crippen molar-refractivity contribution in [2.45, 2.75) is 18.9 Å². The maximum atomic E-state index is 9.88. The predicted octanol–water partition coefficient (Wildman–Crippen LogP) is 1.48. The number of ether oxygens (including phenoxy) is 2. The van der Waals surface area contributed by atoms with Crippen LogP contribution in [0.3, 0.4) is 0 Å². The van der Waals surface area contributed by atoms with Crippen LogP contribution in [-0.4, -0.2) is 25.9 Å². The largest absolute Gasteiger partial charge is 0.493 e. The summed E-state index contributed by atoms with van der Waals surface area (Å²) in [4.78, 5) is 0. The van der Waals surface area contributed by atoms with Crippen molar-refractivity contribution >= 4 is 0 Å². The van der Waals surface area contributed by atoms with Crippen molar-refractivity contribution in [1.29, 1.82) is 0 Å². The van der Waals surface area contributed by atoms with E-state index in [1.807, 2.05) is 6.07 Å². The van der Waals surface area contributed by atoms with E-state index < -0.39 is 6.10 Å². The lowest BCUT2D eigenvalue weighted by Crippen LogP contribution is -2.04. The van der Waals surface area contributed by atoms with Gasteiger partial charge in [-0.3, -0.25) is 0 Å². The lowest BCUT2D eigenvalue weighted by Gasteiger charge is -2.13. The quantitative estimate of drug-likeness (QED) is 0.769. The molecule has 3 N–H and O–H groups in total. The van der Waals surface area contributed by atoms with Crippen molar-refractivity contribution in [3.8, 4) is 11.5 Å². The fourth-order valence-electron chi connectivity index (χ4n) is 1.54. The lowest BCUT2D eigenvalue weighted by atomic mass is 10.0. The molecule has 16 heavy (non-hydrogen) atoms. The number of rotatable bonds is 6. The Morgan fingerprint density at radius 3 is 2.50 bits per heavy atom. The molecule has 0 aliphatic rings. The Kier molecular flexibility index (Phi) is 5.08. The third-order valence-electron chi connectivity index (χ3n) is 2.47. The maximum Gasteiger partial charge on any atom is 0.161 e. The molecule has 0 aliphatic heterocycles. The van der Waals surface area contributed by atoms with Crippen LogP contribution in [0, 0.1) is 0 Å². The highest BCUT2D eigenvalue weighted by atomic mass is 16.5. The molecule has 4 nitrogen and oxygen atoms in total. The molecule has 0 saturated heterocycles. The highest BCUT2D eigenvalue weighted by Crippen LogP contribution is 2.30. The van der Waals surface area contributed by atoms with Crippen LogP contribution < -0.4 is 15.2 Å². The molecule has 0 bridgehead atoms. The number of hydrogen-bond donors (Lipinski definition) is 2. The first-order valence-corrected chi connectivity index (χ1v) is 5.33. The fourth-order valence-corrected chi connectivity index (χ4v) is 1.54. The topological polar surface area (TPSA) is 64.7 Å². The Morgan fingerprint density at radius 2 is 1.94 bits per heavy atom. The molecule has 1 atom stereocenters. The van der Waals surface area contributed by atoms with Crippen molar-refractivity contribution in [1.82, 2.24) is 0 Å². The molecule has 0 spiro atoms. The molecule has 1 aromatic carbocycles. The number of methoxy groups -OCH3 is 2. The summed E-state index contributed by atoms with van der Waals surface area (Å²) in [5.41, 5.74) is 6.23.